The number of nitrogens with zero attached hydrogens (tertiary/aromatic N) is 5. The maximum atomic E-state index is 12.7. The molecule has 16 heteroatoms. The first-order chi connectivity index (χ1) is 19.0. The van der Waals surface area contributed by atoms with E-state index in [2.05, 4.69) is 26.5 Å². The SMILES string of the molecule is C=C(C)[C@@]1(OC(C)=O)[C@@H](COC(C(=O)OCC)c2cscn2)O[C@@H](n2cnc3c(N)nc(Cl)nc32)[C@@H]1OC(C)=O. The van der Waals surface area contributed by atoms with E-state index in [1.165, 1.54) is 36.1 Å². The largest absolute Gasteiger partial charge is 0.464 e. The molecule has 4 rings (SSSR count). The molecule has 5 atom stereocenters. The number of halogens is 1. The smallest absolute Gasteiger partial charge is 0.341 e. The highest BCUT2D eigenvalue weighted by Gasteiger charge is 2.63. The highest BCUT2D eigenvalue weighted by molar-refractivity contribution is 7.07. The van der Waals surface area contributed by atoms with Crippen LogP contribution in [0, 0.1) is 0 Å². The molecule has 214 valence electrons. The molecule has 1 saturated heterocycles. The van der Waals surface area contributed by atoms with Crippen LogP contribution in [0.5, 0.6) is 0 Å². The first kappa shape index (κ1) is 29.3. The molecule has 1 aliphatic rings. The zero-order chi connectivity index (χ0) is 29.2. The molecular weight excluding hydrogens is 568 g/mol. The van der Waals surface area contributed by atoms with Crippen molar-refractivity contribution in [2.45, 2.75) is 57.8 Å². The zero-order valence-electron chi connectivity index (χ0n) is 22.0. The maximum absolute atomic E-state index is 12.7. The van der Waals surface area contributed by atoms with Crippen molar-refractivity contribution in [2.75, 3.05) is 18.9 Å². The number of carbonyl (C=O) groups is 3. The Balaban J connectivity index is 1.81. The third-order valence-corrected chi connectivity index (χ3v) is 6.84. The fourth-order valence-corrected chi connectivity index (χ4v) is 5.26. The number of ether oxygens (including phenoxy) is 5. The van der Waals surface area contributed by atoms with E-state index in [1.54, 1.807) is 24.7 Å². The first-order valence-corrected chi connectivity index (χ1v) is 13.3. The molecule has 0 spiro atoms. The summed E-state index contributed by atoms with van der Waals surface area (Å²) in [6.45, 7) is 9.44. The van der Waals surface area contributed by atoms with Crippen molar-refractivity contribution in [1.29, 1.82) is 0 Å². The van der Waals surface area contributed by atoms with Crippen LogP contribution in [0.2, 0.25) is 5.28 Å². The molecule has 1 unspecified atom stereocenters. The number of anilines is 1. The monoisotopic (exact) mass is 594 g/mol. The molecule has 3 aromatic rings. The van der Waals surface area contributed by atoms with Gasteiger partial charge in [-0.2, -0.15) is 9.97 Å². The Kier molecular flexibility index (Phi) is 8.68. The van der Waals surface area contributed by atoms with Crippen molar-refractivity contribution in [3.05, 3.63) is 40.3 Å². The number of fused-ring (bicyclic) bond motifs is 1. The summed E-state index contributed by atoms with van der Waals surface area (Å²) >= 11 is 7.32. The quantitative estimate of drug-likeness (QED) is 0.157. The van der Waals surface area contributed by atoms with E-state index in [0.29, 0.717) is 5.69 Å². The molecule has 1 aliphatic heterocycles. The number of hydrogen-bond acceptors (Lipinski definition) is 14. The molecule has 40 heavy (non-hydrogen) atoms. The van der Waals surface area contributed by atoms with Crippen LogP contribution in [0.25, 0.3) is 11.2 Å². The Labute approximate surface area is 237 Å². The topological polar surface area (TPSA) is 180 Å². The van der Waals surface area contributed by atoms with E-state index < -0.39 is 48.0 Å². The molecule has 0 aliphatic carbocycles. The van der Waals surface area contributed by atoms with Crippen LogP contribution in [0.3, 0.4) is 0 Å². The van der Waals surface area contributed by atoms with Gasteiger partial charge in [-0.05, 0) is 31.0 Å². The predicted octanol–water partition coefficient (Wildman–Crippen LogP) is 2.55. The minimum Gasteiger partial charge on any atom is -0.464 e. The number of carbonyl (C=O) groups excluding carboxylic acids is 3. The molecule has 3 aromatic heterocycles. The van der Waals surface area contributed by atoms with Gasteiger partial charge in [0, 0.05) is 19.2 Å². The lowest BCUT2D eigenvalue weighted by molar-refractivity contribution is -0.181. The molecule has 1 fully saturated rings. The third kappa shape index (κ3) is 5.50. The van der Waals surface area contributed by atoms with Crippen molar-refractivity contribution in [1.82, 2.24) is 24.5 Å². The minimum absolute atomic E-state index is 0.0161. The minimum atomic E-state index is -1.76. The number of nitrogen functional groups attached to an aromatic ring is 1. The average Bonchev–Trinajstić information content (AvgIpc) is 3.59. The van der Waals surface area contributed by atoms with Gasteiger partial charge < -0.3 is 29.4 Å². The number of rotatable bonds is 10. The van der Waals surface area contributed by atoms with E-state index in [1.807, 2.05) is 0 Å². The van der Waals surface area contributed by atoms with Gasteiger partial charge in [0.2, 0.25) is 10.9 Å². The normalized spacial score (nSPS) is 23.1. The van der Waals surface area contributed by atoms with Crippen LogP contribution in [-0.2, 0) is 38.1 Å². The van der Waals surface area contributed by atoms with Crippen LogP contribution in [0.15, 0.2) is 29.4 Å². The maximum Gasteiger partial charge on any atom is 0.341 e. The Morgan fingerprint density at radius 2 is 2.00 bits per heavy atom. The van der Waals surface area contributed by atoms with Gasteiger partial charge in [0.05, 0.1) is 30.7 Å². The molecular formula is C24H27ClN6O8S. The van der Waals surface area contributed by atoms with Crippen molar-refractivity contribution in [3.8, 4) is 0 Å². The van der Waals surface area contributed by atoms with E-state index >= 15 is 0 Å². The van der Waals surface area contributed by atoms with E-state index in [-0.39, 0.29) is 41.1 Å². The summed E-state index contributed by atoms with van der Waals surface area (Å²) in [5.74, 6) is -2.06. The van der Waals surface area contributed by atoms with E-state index in [0.717, 1.165) is 0 Å². The Morgan fingerprint density at radius 1 is 1.25 bits per heavy atom. The number of hydrogen-bond donors (Lipinski definition) is 1. The third-order valence-electron chi connectivity index (χ3n) is 6.07. The summed E-state index contributed by atoms with van der Waals surface area (Å²) in [5, 5.41) is 1.49. The summed E-state index contributed by atoms with van der Waals surface area (Å²) in [5.41, 5.74) is 6.75. The van der Waals surface area contributed by atoms with Gasteiger partial charge in [0.25, 0.3) is 0 Å². The average molecular weight is 595 g/mol. The molecule has 2 N–H and O–H groups in total. The van der Waals surface area contributed by atoms with Crippen LogP contribution in [-0.4, -0.2) is 73.4 Å². The van der Waals surface area contributed by atoms with E-state index in [4.69, 9.17) is 41.0 Å². The molecule has 14 nitrogen and oxygen atoms in total. The Hall–Kier alpha value is -3.66. The lowest BCUT2D eigenvalue weighted by atomic mass is 9.85. The number of imidazole rings is 1. The van der Waals surface area contributed by atoms with Gasteiger partial charge in [-0.1, -0.05) is 6.58 Å². The fraction of sp³-hybridized carbons (Fsp3) is 0.458. The second-order valence-corrected chi connectivity index (χ2v) is 9.85. The van der Waals surface area contributed by atoms with Gasteiger partial charge in [0.1, 0.15) is 11.6 Å². The summed E-state index contributed by atoms with van der Waals surface area (Å²) in [6, 6.07) is 0. The van der Waals surface area contributed by atoms with Crippen molar-refractivity contribution < 1.29 is 38.1 Å². The van der Waals surface area contributed by atoms with Gasteiger partial charge >= 0.3 is 17.9 Å². The molecule has 0 aromatic carbocycles. The van der Waals surface area contributed by atoms with Gasteiger partial charge in [-0.25, -0.2) is 14.8 Å². The Morgan fingerprint density at radius 3 is 2.60 bits per heavy atom. The number of esters is 3. The van der Waals surface area contributed by atoms with Crippen LogP contribution in [0.4, 0.5) is 5.82 Å². The summed E-state index contributed by atoms with van der Waals surface area (Å²) < 4.78 is 30.5. The van der Waals surface area contributed by atoms with E-state index in [9.17, 15) is 14.4 Å². The second-order valence-electron chi connectivity index (χ2n) is 8.79. The van der Waals surface area contributed by atoms with Crippen molar-refractivity contribution in [2.24, 2.45) is 0 Å². The summed E-state index contributed by atoms with van der Waals surface area (Å²) in [7, 11) is 0. The molecule has 0 bridgehead atoms. The van der Waals surface area contributed by atoms with Crippen LogP contribution >= 0.6 is 22.9 Å². The molecule has 0 saturated carbocycles. The summed E-state index contributed by atoms with van der Waals surface area (Å²) in [4.78, 5) is 54.1. The molecule has 0 radical (unpaired) electrons. The predicted molar refractivity (Wildman–Crippen MR) is 141 cm³/mol. The lowest BCUT2D eigenvalue weighted by Crippen LogP contribution is -2.54. The van der Waals surface area contributed by atoms with Crippen molar-refractivity contribution >= 4 is 57.8 Å². The van der Waals surface area contributed by atoms with Gasteiger partial charge in [-0.15, -0.1) is 11.3 Å². The highest BCUT2D eigenvalue weighted by Crippen LogP contribution is 2.47. The molecule has 4 heterocycles. The first-order valence-electron chi connectivity index (χ1n) is 12.0. The number of thiazole rings is 1. The highest BCUT2D eigenvalue weighted by atomic mass is 35.5. The second kappa shape index (κ2) is 11.8. The van der Waals surface area contributed by atoms with Crippen molar-refractivity contribution in [3.63, 3.8) is 0 Å². The number of aromatic nitrogens is 5. The standard InChI is InChI=1S/C24H27ClN6O8S/c1-6-35-22(34)17(14-8-40-10-28-14)36-7-15-24(11(2)3,39-13(5)33)18(37-12(4)32)21(38-15)31-9-27-16-19(26)29-23(25)30-20(16)31/h8-10,15,17-18,21H,2,6-7H2,1,3-5H3,(H2,26,29,30)/t15-,17?,18+,21-,24-/m1/s1. The van der Waals surface area contributed by atoms with Gasteiger partial charge in [0.15, 0.2) is 29.9 Å². The fourth-order valence-electron chi connectivity index (χ4n) is 4.53. The Bertz CT molecular complexity index is 1430. The molecule has 0 amide bonds. The zero-order valence-corrected chi connectivity index (χ0v) is 23.6. The van der Waals surface area contributed by atoms with Crippen LogP contribution in [0.1, 0.15) is 45.7 Å². The summed E-state index contributed by atoms with van der Waals surface area (Å²) in [6.07, 6.45) is -3.48. The van der Waals surface area contributed by atoms with Gasteiger partial charge in [-0.3, -0.25) is 14.2 Å². The lowest BCUT2D eigenvalue weighted by Gasteiger charge is -2.37. The van der Waals surface area contributed by atoms with Crippen LogP contribution < -0.4 is 5.73 Å². The number of nitrogens with two attached hydrogens (primary N) is 1.